The highest BCUT2D eigenvalue weighted by atomic mass is 79.9. The van der Waals surface area contributed by atoms with E-state index in [1.165, 1.54) is 0 Å². The summed E-state index contributed by atoms with van der Waals surface area (Å²) in [6.07, 6.45) is 0. The maximum atomic E-state index is 7.31. The minimum atomic E-state index is -1.42. The first-order chi connectivity index (χ1) is 5.00. The zero-order valence-electron chi connectivity index (χ0n) is 6.57. The highest BCUT2D eigenvalue weighted by Gasteiger charge is 1.86. The van der Waals surface area contributed by atoms with Crippen LogP contribution in [0.1, 0.15) is 8.30 Å². The number of hydrogen-bond acceptors (Lipinski definition) is 0. The molecule has 0 aliphatic carbocycles. The molecule has 0 fully saturated rings. The van der Waals surface area contributed by atoms with E-state index in [9.17, 15) is 0 Å². The summed E-state index contributed by atoms with van der Waals surface area (Å²) in [6, 6.07) is 7.10. The number of hydrogen-bond donors (Lipinski definition) is 0. The summed E-state index contributed by atoms with van der Waals surface area (Å²) in [5.74, 6) is 0. The van der Waals surface area contributed by atoms with E-state index in [0.29, 0.717) is 5.56 Å². The fourth-order valence-electron chi connectivity index (χ4n) is 0.513. The van der Waals surface area contributed by atoms with Crippen LogP contribution < -0.4 is 0 Å². The average Bonchev–Trinajstić information content (AvgIpc) is 1.86. The van der Waals surface area contributed by atoms with Crippen LogP contribution in [0.25, 0.3) is 0 Å². The second kappa shape index (κ2) is 3.37. The number of halogens is 2. The van der Waals surface area contributed by atoms with Crippen molar-refractivity contribution in [1.82, 2.24) is 0 Å². The zero-order valence-corrected chi connectivity index (χ0v) is 7.74. The number of benzene rings is 1. The monoisotopic (exact) mass is 250 g/mol. The first-order valence-corrected chi connectivity index (χ1v) is 4.04. The van der Waals surface area contributed by atoms with Crippen LogP contribution >= 0.6 is 31.9 Å². The number of alkyl halides is 1. The Morgan fingerprint density at radius 1 is 1.33 bits per heavy atom. The molecular weight excluding hydrogens is 244 g/mol. The zero-order chi connectivity index (χ0) is 8.48. The van der Waals surface area contributed by atoms with Gasteiger partial charge in [0.2, 0.25) is 0 Å². The molecule has 0 aliphatic heterocycles. The third kappa shape index (κ3) is 2.11. The van der Waals surface area contributed by atoms with Gasteiger partial charge in [0.05, 0.1) is 0 Å². The van der Waals surface area contributed by atoms with Crippen LogP contribution in [0.5, 0.6) is 0 Å². The molecule has 0 saturated heterocycles. The van der Waals surface area contributed by atoms with Crippen molar-refractivity contribution in [3.05, 3.63) is 34.3 Å². The Morgan fingerprint density at radius 3 is 2.33 bits per heavy atom. The summed E-state index contributed by atoms with van der Waals surface area (Å²) in [4.78, 5) is 0. The molecule has 0 spiro atoms. The average molecular weight is 252 g/mol. The van der Waals surface area contributed by atoms with Crippen molar-refractivity contribution in [2.24, 2.45) is 0 Å². The van der Waals surface area contributed by atoms with E-state index in [4.69, 9.17) is 2.74 Å². The second-order valence-electron chi connectivity index (χ2n) is 1.60. The van der Waals surface area contributed by atoms with Crippen molar-refractivity contribution < 1.29 is 2.74 Å². The first-order valence-electron chi connectivity index (χ1n) is 3.45. The Labute approximate surface area is 74.3 Å². The molecule has 0 N–H and O–H groups in total. The van der Waals surface area contributed by atoms with Crippen LogP contribution in [-0.4, -0.2) is 0 Å². The van der Waals surface area contributed by atoms with Gasteiger partial charge in [-0.05, 0) is 17.7 Å². The minimum Gasteiger partial charge on any atom is -0.0876 e. The molecule has 1 rings (SSSR count). The van der Waals surface area contributed by atoms with Crippen LogP contribution in [-0.2, 0) is 5.28 Å². The van der Waals surface area contributed by atoms with Crippen molar-refractivity contribution in [2.45, 2.75) is 5.28 Å². The normalized spacial score (nSPS) is 14.4. The molecule has 0 heterocycles. The Kier molecular flexibility index (Phi) is 1.84. The van der Waals surface area contributed by atoms with E-state index in [1.54, 1.807) is 12.1 Å². The van der Waals surface area contributed by atoms with Crippen molar-refractivity contribution in [3.63, 3.8) is 0 Å². The van der Waals surface area contributed by atoms with Crippen molar-refractivity contribution >= 4 is 31.9 Å². The fraction of sp³-hybridized carbons (Fsp3) is 0.143. The van der Waals surface area contributed by atoms with Crippen molar-refractivity contribution in [1.29, 1.82) is 0 Å². The molecule has 0 bridgehead atoms. The summed E-state index contributed by atoms with van der Waals surface area (Å²) >= 11 is 6.20. The van der Waals surface area contributed by atoms with Crippen LogP contribution in [0.3, 0.4) is 0 Å². The Hall–Kier alpha value is 0.180. The molecule has 1 aromatic rings. The molecule has 9 heavy (non-hydrogen) atoms. The molecule has 2 heteroatoms. The van der Waals surface area contributed by atoms with Gasteiger partial charge in [0, 0.05) is 12.5 Å². The van der Waals surface area contributed by atoms with Crippen molar-refractivity contribution in [3.8, 4) is 0 Å². The van der Waals surface area contributed by atoms with Gasteiger partial charge in [-0.2, -0.15) is 0 Å². The molecule has 0 unspecified atom stereocenters. The molecular formula is C7H6Br2. The predicted molar refractivity (Wildman–Crippen MR) is 46.8 cm³/mol. The fourth-order valence-corrected chi connectivity index (χ4v) is 1.04. The highest BCUT2D eigenvalue weighted by Crippen LogP contribution is 2.11. The van der Waals surface area contributed by atoms with E-state index in [2.05, 4.69) is 31.9 Å². The lowest BCUT2D eigenvalue weighted by Crippen LogP contribution is -1.73. The van der Waals surface area contributed by atoms with Gasteiger partial charge < -0.3 is 0 Å². The maximum Gasteiger partial charge on any atom is 0.0437 e. The summed E-state index contributed by atoms with van der Waals surface area (Å²) in [6.45, 7) is 0. The van der Waals surface area contributed by atoms with Crippen LogP contribution in [0, 0.1) is 0 Å². The molecule has 1 aromatic carbocycles. The van der Waals surface area contributed by atoms with E-state index in [1.807, 2.05) is 12.1 Å². The molecule has 0 amide bonds. The smallest absolute Gasteiger partial charge is 0.0437 e. The maximum absolute atomic E-state index is 7.31. The predicted octanol–water partition coefficient (Wildman–Crippen LogP) is 3.34. The molecule has 0 radical (unpaired) electrons. The number of rotatable bonds is 1. The lowest BCUT2D eigenvalue weighted by molar-refractivity contribution is 1.43. The molecule has 0 aromatic heterocycles. The van der Waals surface area contributed by atoms with E-state index < -0.39 is 5.28 Å². The highest BCUT2D eigenvalue weighted by molar-refractivity contribution is 9.10. The van der Waals surface area contributed by atoms with E-state index in [0.717, 1.165) is 4.47 Å². The van der Waals surface area contributed by atoms with Gasteiger partial charge in [0.15, 0.2) is 0 Å². The summed E-state index contributed by atoms with van der Waals surface area (Å²) in [5.41, 5.74) is 0.626. The Bertz CT molecular complexity index is 238. The van der Waals surface area contributed by atoms with Crippen LogP contribution in [0.2, 0.25) is 0 Å². The molecule has 0 nitrogen and oxygen atoms in total. The third-order valence-corrected chi connectivity index (χ3v) is 1.94. The standard InChI is InChI=1S/C7H6Br2/c8-5-6-1-3-7(9)4-2-6/h1-4H,5H2/i5D2. The lowest BCUT2D eigenvalue weighted by atomic mass is 10.2. The Balaban J connectivity index is 2.99. The molecule has 0 saturated carbocycles. The van der Waals surface area contributed by atoms with Gasteiger partial charge >= 0.3 is 0 Å². The third-order valence-electron chi connectivity index (χ3n) is 0.953. The first kappa shape index (κ1) is 4.91. The topological polar surface area (TPSA) is 0 Å². The minimum absolute atomic E-state index is 0.626. The summed E-state index contributed by atoms with van der Waals surface area (Å²) < 4.78 is 15.6. The molecule has 0 aliphatic rings. The van der Waals surface area contributed by atoms with E-state index >= 15 is 0 Å². The largest absolute Gasteiger partial charge is 0.0876 e. The molecule has 0 atom stereocenters. The van der Waals surface area contributed by atoms with Gasteiger partial charge in [0.1, 0.15) is 0 Å². The van der Waals surface area contributed by atoms with Gasteiger partial charge in [0.25, 0.3) is 0 Å². The molecule has 48 valence electrons. The van der Waals surface area contributed by atoms with Gasteiger partial charge in [-0.15, -0.1) is 0 Å². The van der Waals surface area contributed by atoms with Gasteiger partial charge in [-0.1, -0.05) is 44.0 Å². The van der Waals surface area contributed by atoms with Crippen LogP contribution in [0.15, 0.2) is 28.7 Å². The summed E-state index contributed by atoms with van der Waals surface area (Å²) in [5, 5.41) is -1.42. The lowest BCUT2D eigenvalue weighted by Gasteiger charge is -1.92. The Morgan fingerprint density at radius 2 is 1.89 bits per heavy atom. The summed E-state index contributed by atoms with van der Waals surface area (Å²) in [7, 11) is 0. The van der Waals surface area contributed by atoms with Gasteiger partial charge in [-0.25, -0.2) is 0 Å². The second-order valence-corrected chi connectivity index (χ2v) is 2.91. The van der Waals surface area contributed by atoms with E-state index in [-0.39, 0.29) is 0 Å². The van der Waals surface area contributed by atoms with Crippen LogP contribution in [0.4, 0.5) is 0 Å². The van der Waals surface area contributed by atoms with Gasteiger partial charge in [-0.3, -0.25) is 0 Å². The quantitative estimate of drug-likeness (QED) is 0.672. The SMILES string of the molecule is [2H]C([2H])(Br)c1ccc(Br)cc1. The van der Waals surface area contributed by atoms with Crippen molar-refractivity contribution in [2.75, 3.05) is 0 Å².